The molecule has 0 bridgehead atoms. The third kappa shape index (κ3) is 3.71. The van der Waals surface area contributed by atoms with Crippen LogP contribution in [0.1, 0.15) is 39.0 Å². The summed E-state index contributed by atoms with van der Waals surface area (Å²) in [7, 11) is -3.01. The summed E-state index contributed by atoms with van der Waals surface area (Å²) in [4.78, 5) is 0. The van der Waals surface area contributed by atoms with E-state index in [9.17, 15) is 8.42 Å². The lowest BCUT2D eigenvalue weighted by atomic mass is 10.2. The molecule has 0 radical (unpaired) electrons. The maximum atomic E-state index is 12.0. The van der Waals surface area contributed by atoms with Gasteiger partial charge < -0.3 is 0 Å². The van der Waals surface area contributed by atoms with Crippen LogP contribution in [0.15, 0.2) is 0 Å². The summed E-state index contributed by atoms with van der Waals surface area (Å²) in [6.45, 7) is 2.53. The Morgan fingerprint density at radius 1 is 1.33 bits per heavy atom. The van der Waals surface area contributed by atoms with Gasteiger partial charge in [0.1, 0.15) is 0 Å². The topological polar surface area (TPSA) is 37.4 Å². The van der Waals surface area contributed by atoms with Crippen LogP contribution in [0.4, 0.5) is 0 Å². The van der Waals surface area contributed by atoms with Gasteiger partial charge in [-0.1, -0.05) is 35.7 Å². The van der Waals surface area contributed by atoms with E-state index in [1.54, 1.807) is 4.31 Å². The van der Waals surface area contributed by atoms with Crippen LogP contribution in [-0.4, -0.2) is 36.4 Å². The van der Waals surface area contributed by atoms with Gasteiger partial charge in [-0.25, -0.2) is 8.42 Å². The highest BCUT2D eigenvalue weighted by Crippen LogP contribution is 2.26. The molecule has 15 heavy (non-hydrogen) atoms. The molecule has 0 N–H and O–H groups in total. The number of rotatable bonds is 6. The van der Waals surface area contributed by atoms with Gasteiger partial charge in [-0.3, -0.25) is 0 Å². The summed E-state index contributed by atoms with van der Waals surface area (Å²) in [5.74, 6) is 0.288. The Morgan fingerprint density at radius 3 is 2.40 bits per heavy atom. The van der Waals surface area contributed by atoms with Crippen molar-refractivity contribution in [2.75, 3.05) is 17.6 Å². The van der Waals surface area contributed by atoms with E-state index in [1.165, 1.54) is 12.8 Å². The standard InChI is InChI=1S/C10H20BrNO2S/c1-2-9-15(13,14)12(8-7-11)10-5-3-4-6-10/h10H,2-9H2,1H3. The minimum Gasteiger partial charge on any atom is -0.212 e. The van der Waals surface area contributed by atoms with E-state index < -0.39 is 10.0 Å². The van der Waals surface area contributed by atoms with Crippen LogP contribution in [0.3, 0.4) is 0 Å². The fraction of sp³-hybridized carbons (Fsp3) is 1.00. The van der Waals surface area contributed by atoms with Crippen LogP contribution in [0.25, 0.3) is 0 Å². The van der Waals surface area contributed by atoms with Crippen molar-refractivity contribution in [3.63, 3.8) is 0 Å². The lowest BCUT2D eigenvalue weighted by Crippen LogP contribution is -2.41. The number of hydrogen-bond acceptors (Lipinski definition) is 2. The molecule has 1 aliphatic carbocycles. The number of nitrogens with zero attached hydrogens (tertiary/aromatic N) is 1. The van der Waals surface area contributed by atoms with Gasteiger partial charge in [0.25, 0.3) is 0 Å². The van der Waals surface area contributed by atoms with Crippen LogP contribution >= 0.6 is 15.9 Å². The molecule has 0 atom stereocenters. The molecule has 0 heterocycles. The van der Waals surface area contributed by atoms with Crippen molar-refractivity contribution in [3.05, 3.63) is 0 Å². The summed E-state index contributed by atoms with van der Waals surface area (Å²) < 4.78 is 25.7. The number of alkyl halides is 1. The molecule has 1 aliphatic rings. The van der Waals surface area contributed by atoms with E-state index in [4.69, 9.17) is 0 Å². The van der Waals surface area contributed by atoms with Crippen LogP contribution in [0.5, 0.6) is 0 Å². The van der Waals surface area contributed by atoms with E-state index in [0.717, 1.165) is 18.2 Å². The van der Waals surface area contributed by atoms with Crippen LogP contribution in [0, 0.1) is 0 Å². The van der Waals surface area contributed by atoms with Crippen molar-refractivity contribution < 1.29 is 8.42 Å². The SMILES string of the molecule is CCCS(=O)(=O)N(CCBr)C1CCCC1. The molecule has 1 saturated carbocycles. The highest BCUT2D eigenvalue weighted by atomic mass is 79.9. The van der Waals surface area contributed by atoms with Crippen molar-refractivity contribution in [2.24, 2.45) is 0 Å². The zero-order chi connectivity index (χ0) is 11.3. The smallest absolute Gasteiger partial charge is 0.212 e. The second-order valence-electron chi connectivity index (χ2n) is 4.05. The molecule has 0 aromatic carbocycles. The maximum Gasteiger partial charge on any atom is 0.214 e. The second kappa shape index (κ2) is 6.21. The van der Waals surface area contributed by atoms with Crippen LogP contribution in [0.2, 0.25) is 0 Å². The summed E-state index contributed by atoms with van der Waals surface area (Å²) >= 11 is 3.33. The molecule has 0 saturated heterocycles. The van der Waals surface area contributed by atoms with Crippen molar-refractivity contribution in [1.82, 2.24) is 4.31 Å². The molecule has 0 aliphatic heterocycles. The second-order valence-corrected chi connectivity index (χ2v) is 6.89. The number of hydrogen-bond donors (Lipinski definition) is 0. The third-order valence-corrected chi connectivity index (χ3v) is 5.33. The predicted octanol–water partition coefficient (Wildman–Crippen LogP) is 2.37. The number of sulfonamides is 1. The van der Waals surface area contributed by atoms with E-state index in [-0.39, 0.29) is 11.8 Å². The van der Waals surface area contributed by atoms with E-state index in [2.05, 4.69) is 15.9 Å². The number of halogens is 1. The summed E-state index contributed by atoms with van der Waals surface area (Å²) in [5.41, 5.74) is 0. The third-order valence-electron chi connectivity index (χ3n) is 2.86. The molecule has 1 rings (SSSR count). The highest BCUT2D eigenvalue weighted by molar-refractivity contribution is 9.09. The first-order valence-electron chi connectivity index (χ1n) is 5.67. The van der Waals surface area contributed by atoms with E-state index in [0.29, 0.717) is 13.0 Å². The Hall–Kier alpha value is 0.390. The van der Waals surface area contributed by atoms with Crippen molar-refractivity contribution in [1.29, 1.82) is 0 Å². The average Bonchev–Trinajstić information content (AvgIpc) is 2.66. The van der Waals surface area contributed by atoms with E-state index >= 15 is 0 Å². The Labute approximate surface area is 101 Å². The summed E-state index contributed by atoms with van der Waals surface area (Å²) in [6.07, 6.45) is 5.12. The lowest BCUT2D eigenvalue weighted by molar-refractivity contribution is 0.338. The fourth-order valence-electron chi connectivity index (χ4n) is 2.20. The van der Waals surface area contributed by atoms with Gasteiger partial charge >= 0.3 is 0 Å². The molecule has 90 valence electrons. The van der Waals surface area contributed by atoms with Gasteiger partial charge in [0.15, 0.2) is 0 Å². The van der Waals surface area contributed by atoms with Crippen molar-refractivity contribution in [3.8, 4) is 0 Å². The van der Waals surface area contributed by atoms with Crippen LogP contribution in [-0.2, 0) is 10.0 Å². The average molecular weight is 298 g/mol. The van der Waals surface area contributed by atoms with Gasteiger partial charge in [-0.15, -0.1) is 0 Å². The zero-order valence-electron chi connectivity index (χ0n) is 9.28. The first-order chi connectivity index (χ1) is 7.11. The Kier molecular flexibility index (Phi) is 5.57. The monoisotopic (exact) mass is 297 g/mol. The molecule has 3 nitrogen and oxygen atoms in total. The minimum absolute atomic E-state index is 0.263. The normalized spacial score (nSPS) is 18.9. The predicted molar refractivity (Wildman–Crippen MR) is 66.8 cm³/mol. The van der Waals surface area contributed by atoms with Gasteiger partial charge in [-0.2, -0.15) is 4.31 Å². The molecular weight excluding hydrogens is 278 g/mol. The van der Waals surface area contributed by atoms with Gasteiger partial charge in [0.05, 0.1) is 5.75 Å². The quantitative estimate of drug-likeness (QED) is 0.706. The molecule has 0 unspecified atom stereocenters. The first kappa shape index (κ1) is 13.5. The molecule has 5 heteroatoms. The zero-order valence-corrected chi connectivity index (χ0v) is 11.7. The fourth-order valence-corrected chi connectivity index (χ4v) is 4.60. The Bertz CT molecular complexity index is 273. The molecule has 0 aromatic rings. The van der Waals surface area contributed by atoms with Crippen molar-refractivity contribution >= 4 is 26.0 Å². The maximum absolute atomic E-state index is 12.0. The summed E-state index contributed by atoms with van der Waals surface area (Å²) in [5, 5.41) is 0.729. The van der Waals surface area contributed by atoms with Gasteiger partial charge in [-0.05, 0) is 19.3 Å². The molecule has 1 fully saturated rings. The Balaban J connectivity index is 2.71. The van der Waals surface area contributed by atoms with Crippen LogP contribution < -0.4 is 0 Å². The molecule has 0 spiro atoms. The molecule has 0 aromatic heterocycles. The summed E-state index contributed by atoms with van der Waals surface area (Å²) in [6, 6.07) is 0.263. The minimum atomic E-state index is -3.01. The van der Waals surface area contributed by atoms with E-state index in [1.807, 2.05) is 6.92 Å². The Morgan fingerprint density at radius 2 is 1.93 bits per heavy atom. The first-order valence-corrected chi connectivity index (χ1v) is 8.40. The van der Waals surface area contributed by atoms with Gasteiger partial charge in [0.2, 0.25) is 10.0 Å². The highest BCUT2D eigenvalue weighted by Gasteiger charge is 2.30. The van der Waals surface area contributed by atoms with Crippen molar-refractivity contribution in [2.45, 2.75) is 45.1 Å². The molecular formula is C10H20BrNO2S. The molecule has 0 amide bonds. The van der Waals surface area contributed by atoms with Gasteiger partial charge in [0, 0.05) is 17.9 Å². The largest absolute Gasteiger partial charge is 0.214 e. The lowest BCUT2D eigenvalue weighted by Gasteiger charge is -2.27.